The van der Waals surface area contributed by atoms with Crippen molar-refractivity contribution in [2.45, 2.75) is 25.2 Å². The molecule has 2 aromatic carbocycles. The zero-order valence-corrected chi connectivity index (χ0v) is 14.1. The Morgan fingerprint density at radius 2 is 2.04 bits per heavy atom. The molecular weight excluding hydrogens is 316 g/mol. The van der Waals surface area contributed by atoms with Gasteiger partial charge in [0, 0.05) is 18.8 Å². The van der Waals surface area contributed by atoms with Crippen molar-refractivity contribution in [3.63, 3.8) is 0 Å². The normalized spacial score (nSPS) is 22.0. The molecular formula is C20H20N2O3. The highest BCUT2D eigenvalue weighted by Gasteiger charge is 2.50. The number of hydrogen-bond donors (Lipinski definition) is 2. The molecule has 25 heavy (non-hydrogen) atoms. The van der Waals surface area contributed by atoms with Crippen LogP contribution in [0.2, 0.25) is 0 Å². The monoisotopic (exact) mass is 336 g/mol. The second-order valence-corrected chi connectivity index (χ2v) is 6.93. The van der Waals surface area contributed by atoms with Crippen LogP contribution >= 0.6 is 0 Å². The number of aryl methyl sites for hydroxylation is 1. The first-order chi connectivity index (χ1) is 12.0. The van der Waals surface area contributed by atoms with E-state index in [4.69, 9.17) is 0 Å². The van der Waals surface area contributed by atoms with E-state index in [-0.39, 0.29) is 17.6 Å². The SMILES string of the molecule is Cc1ccc(O)c(C(=O)N2CCC[C@@]3(C2)C(=O)Nc2ccccc23)c1. The second kappa shape index (κ2) is 5.62. The molecule has 2 aliphatic heterocycles. The van der Waals surface area contributed by atoms with E-state index >= 15 is 0 Å². The summed E-state index contributed by atoms with van der Waals surface area (Å²) in [6, 6.07) is 12.7. The molecule has 0 radical (unpaired) electrons. The maximum absolute atomic E-state index is 13.0. The molecule has 2 amide bonds. The van der Waals surface area contributed by atoms with Crippen LogP contribution in [0.3, 0.4) is 0 Å². The van der Waals surface area contributed by atoms with E-state index in [9.17, 15) is 14.7 Å². The number of carbonyl (C=O) groups is 2. The summed E-state index contributed by atoms with van der Waals surface area (Å²) in [5, 5.41) is 13.0. The number of amides is 2. The van der Waals surface area contributed by atoms with E-state index in [1.54, 1.807) is 23.1 Å². The highest BCUT2D eigenvalue weighted by molar-refractivity contribution is 6.07. The molecule has 5 nitrogen and oxygen atoms in total. The van der Waals surface area contributed by atoms with E-state index in [1.165, 1.54) is 0 Å². The number of rotatable bonds is 1. The number of phenols is 1. The number of carbonyl (C=O) groups excluding carboxylic acids is 2. The van der Waals surface area contributed by atoms with Gasteiger partial charge in [0.1, 0.15) is 5.75 Å². The quantitative estimate of drug-likeness (QED) is 0.841. The van der Waals surface area contributed by atoms with E-state index in [2.05, 4.69) is 5.32 Å². The number of benzene rings is 2. The minimum atomic E-state index is -0.691. The lowest BCUT2D eigenvalue weighted by atomic mass is 9.75. The number of phenolic OH excluding ortho intramolecular Hbond substituents is 1. The fraction of sp³-hybridized carbons (Fsp3) is 0.300. The third-order valence-electron chi connectivity index (χ3n) is 5.29. The topological polar surface area (TPSA) is 69.6 Å². The number of hydrogen-bond acceptors (Lipinski definition) is 3. The summed E-state index contributed by atoms with van der Waals surface area (Å²) in [6.45, 7) is 2.81. The van der Waals surface area contributed by atoms with Gasteiger partial charge in [-0.3, -0.25) is 9.59 Å². The molecule has 2 aliphatic rings. The summed E-state index contributed by atoms with van der Waals surface area (Å²) in [5.74, 6) is -0.288. The average molecular weight is 336 g/mol. The summed E-state index contributed by atoms with van der Waals surface area (Å²) in [5.41, 5.74) is 2.32. The largest absolute Gasteiger partial charge is 0.507 e. The van der Waals surface area contributed by atoms with Crippen LogP contribution in [0.15, 0.2) is 42.5 Å². The first-order valence-electron chi connectivity index (χ1n) is 8.51. The number of piperidine rings is 1. The van der Waals surface area contributed by atoms with Crippen LogP contribution in [0, 0.1) is 6.92 Å². The molecule has 0 unspecified atom stereocenters. The van der Waals surface area contributed by atoms with Gasteiger partial charge in [-0.15, -0.1) is 0 Å². The predicted octanol–water partition coefficient (Wildman–Crippen LogP) is 2.83. The van der Waals surface area contributed by atoms with Gasteiger partial charge in [-0.2, -0.15) is 0 Å². The van der Waals surface area contributed by atoms with Gasteiger partial charge >= 0.3 is 0 Å². The molecule has 1 spiro atoms. The van der Waals surface area contributed by atoms with Crippen LogP contribution in [0.4, 0.5) is 5.69 Å². The zero-order chi connectivity index (χ0) is 17.6. The number of likely N-dealkylation sites (tertiary alicyclic amines) is 1. The highest BCUT2D eigenvalue weighted by Crippen LogP contribution is 2.44. The van der Waals surface area contributed by atoms with Crippen molar-refractivity contribution in [3.05, 3.63) is 59.2 Å². The van der Waals surface area contributed by atoms with Crippen LogP contribution < -0.4 is 5.32 Å². The molecule has 2 heterocycles. The molecule has 1 fully saturated rings. The third-order valence-corrected chi connectivity index (χ3v) is 5.29. The lowest BCUT2D eigenvalue weighted by Crippen LogP contribution is -2.51. The van der Waals surface area contributed by atoms with Crippen LogP contribution in [0.1, 0.15) is 34.3 Å². The average Bonchev–Trinajstić information content (AvgIpc) is 2.88. The van der Waals surface area contributed by atoms with Crippen molar-refractivity contribution in [1.82, 2.24) is 4.90 Å². The van der Waals surface area contributed by atoms with Gasteiger partial charge in [-0.05, 0) is 43.5 Å². The van der Waals surface area contributed by atoms with Crippen LogP contribution in [-0.2, 0) is 10.2 Å². The number of para-hydroxylation sites is 1. The Balaban J connectivity index is 1.69. The van der Waals surface area contributed by atoms with Crippen molar-refractivity contribution in [2.75, 3.05) is 18.4 Å². The molecule has 2 N–H and O–H groups in total. The van der Waals surface area contributed by atoms with Gasteiger partial charge in [0.25, 0.3) is 5.91 Å². The lowest BCUT2D eigenvalue weighted by molar-refractivity contribution is -0.122. The van der Waals surface area contributed by atoms with Crippen molar-refractivity contribution < 1.29 is 14.7 Å². The molecule has 0 aliphatic carbocycles. The molecule has 1 atom stereocenters. The number of anilines is 1. The molecule has 2 aromatic rings. The van der Waals surface area contributed by atoms with Crippen molar-refractivity contribution in [2.24, 2.45) is 0 Å². The van der Waals surface area contributed by atoms with Gasteiger partial charge < -0.3 is 15.3 Å². The lowest BCUT2D eigenvalue weighted by Gasteiger charge is -2.39. The Kier molecular flexibility index (Phi) is 3.53. The molecule has 4 rings (SSSR count). The zero-order valence-electron chi connectivity index (χ0n) is 14.1. The van der Waals surface area contributed by atoms with Gasteiger partial charge in [0.15, 0.2) is 0 Å². The number of fused-ring (bicyclic) bond motifs is 2. The number of nitrogens with one attached hydrogen (secondary N) is 1. The van der Waals surface area contributed by atoms with Crippen molar-refractivity contribution in [1.29, 1.82) is 0 Å². The van der Waals surface area contributed by atoms with Gasteiger partial charge in [-0.1, -0.05) is 29.8 Å². The summed E-state index contributed by atoms with van der Waals surface area (Å²) in [6.07, 6.45) is 1.47. The van der Waals surface area contributed by atoms with Crippen molar-refractivity contribution in [3.8, 4) is 5.75 Å². The first kappa shape index (κ1) is 15.7. The van der Waals surface area contributed by atoms with Crippen LogP contribution in [0.25, 0.3) is 0 Å². The minimum absolute atomic E-state index is 0.0218. The molecule has 1 saturated heterocycles. The Labute approximate surface area is 146 Å². The molecule has 0 saturated carbocycles. The van der Waals surface area contributed by atoms with Gasteiger partial charge in [0.2, 0.25) is 5.91 Å². The smallest absolute Gasteiger partial charge is 0.257 e. The van der Waals surface area contributed by atoms with Crippen LogP contribution in [-0.4, -0.2) is 34.9 Å². The number of nitrogens with zero attached hydrogens (tertiary/aromatic N) is 1. The Hall–Kier alpha value is -2.82. The maximum Gasteiger partial charge on any atom is 0.257 e. The Bertz CT molecular complexity index is 877. The Morgan fingerprint density at radius 1 is 1.24 bits per heavy atom. The highest BCUT2D eigenvalue weighted by atomic mass is 16.3. The molecule has 0 aromatic heterocycles. The molecule has 128 valence electrons. The summed E-state index contributed by atoms with van der Waals surface area (Å²) < 4.78 is 0. The predicted molar refractivity (Wildman–Crippen MR) is 94.7 cm³/mol. The fourth-order valence-corrected chi connectivity index (χ4v) is 4.00. The maximum atomic E-state index is 13.0. The third kappa shape index (κ3) is 2.38. The second-order valence-electron chi connectivity index (χ2n) is 6.93. The van der Waals surface area contributed by atoms with E-state index in [1.807, 2.05) is 31.2 Å². The summed E-state index contributed by atoms with van der Waals surface area (Å²) >= 11 is 0. The summed E-state index contributed by atoms with van der Waals surface area (Å²) in [4.78, 5) is 27.4. The minimum Gasteiger partial charge on any atom is -0.507 e. The number of aromatic hydroxyl groups is 1. The van der Waals surface area contributed by atoms with E-state index in [0.717, 1.165) is 29.7 Å². The molecule has 5 heteroatoms. The van der Waals surface area contributed by atoms with E-state index in [0.29, 0.717) is 18.7 Å². The van der Waals surface area contributed by atoms with E-state index < -0.39 is 5.41 Å². The fourth-order valence-electron chi connectivity index (χ4n) is 4.00. The first-order valence-corrected chi connectivity index (χ1v) is 8.51. The summed E-state index contributed by atoms with van der Waals surface area (Å²) in [7, 11) is 0. The molecule has 0 bridgehead atoms. The van der Waals surface area contributed by atoms with Crippen LogP contribution in [0.5, 0.6) is 5.75 Å². The van der Waals surface area contributed by atoms with Gasteiger partial charge in [0.05, 0.1) is 11.0 Å². The standard InChI is InChI=1S/C20H20N2O3/c1-13-7-8-17(23)14(11-13)18(24)22-10-4-9-20(12-22)15-5-2-3-6-16(15)21-19(20)25/h2-3,5-8,11,23H,4,9-10,12H2,1H3,(H,21,25)/t20-/m0/s1. The van der Waals surface area contributed by atoms with Gasteiger partial charge in [-0.25, -0.2) is 0 Å². The Morgan fingerprint density at radius 3 is 2.88 bits per heavy atom. The van der Waals surface area contributed by atoms with Crippen molar-refractivity contribution >= 4 is 17.5 Å².